The molecule has 1 aliphatic rings. The molecule has 0 aliphatic heterocycles. The van der Waals surface area contributed by atoms with Crippen LogP contribution < -0.4 is 25.7 Å². The first-order chi connectivity index (χ1) is 17.0. The summed E-state index contributed by atoms with van der Waals surface area (Å²) < 4.78 is 58.2. The minimum absolute atomic E-state index is 0.0206. The Morgan fingerprint density at radius 3 is 2.53 bits per heavy atom. The van der Waals surface area contributed by atoms with Crippen molar-refractivity contribution >= 4 is 34.4 Å². The highest BCUT2D eigenvalue weighted by atomic mass is 32.2. The molecule has 4 N–H and O–H groups in total. The van der Waals surface area contributed by atoms with E-state index < -0.39 is 34.4 Å². The maximum absolute atomic E-state index is 14.7. The van der Waals surface area contributed by atoms with Gasteiger partial charge in [-0.25, -0.2) is 13.0 Å². The van der Waals surface area contributed by atoms with Crippen molar-refractivity contribution in [2.24, 2.45) is 7.05 Å². The number of benzene rings is 2. The average molecular weight is 519 g/mol. The molecule has 1 amide bonds. The topological polar surface area (TPSA) is 122 Å². The van der Waals surface area contributed by atoms with Crippen molar-refractivity contribution in [1.82, 2.24) is 9.88 Å². The molecule has 0 saturated heterocycles. The smallest absolute Gasteiger partial charge is 0.259 e. The third kappa shape index (κ3) is 5.55. The Balaban J connectivity index is 1.87. The molecule has 9 nitrogen and oxygen atoms in total. The number of hydrogen-bond donors (Lipinski definition) is 4. The van der Waals surface area contributed by atoms with E-state index in [0.717, 1.165) is 25.0 Å². The van der Waals surface area contributed by atoms with Crippen LogP contribution in [-0.4, -0.2) is 25.3 Å². The van der Waals surface area contributed by atoms with Gasteiger partial charge in [0.15, 0.2) is 5.75 Å². The Labute approximate surface area is 207 Å². The zero-order valence-corrected chi connectivity index (χ0v) is 20.5. The quantitative estimate of drug-likeness (QED) is 0.331. The Morgan fingerprint density at radius 2 is 1.89 bits per heavy atom. The van der Waals surface area contributed by atoms with Crippen molar-refractivity contribution in [3.05, 3.63) is 75.1 Å². The summed E-state index contributed by atoms with van der Waals surface area (Å²) in [5, 5.41) is 5.68. The van der Waals surface area contributed by atoms with Crippen molar-refractivity contribution in [3.8, 4) is 11.5 Å². The second-order valence-corrected chi connectivity index (χ2v) is 9.23. The summed E-state index contributed by atoms with van der Waals surface area (Å²) in [5.41, 5.74) is 0.105. The molecule has 1 saturated carbocycles. The van der Waals surface area contributed by atoms with Gasteiger partial charge in [0, 0.05) is 25.2 Å². The van der Waals surface area contributed by atoms with Gasteiger partial charge in [0.05, 0.1) is 16.9 Å². The summed E-state index contributed by atoms with van der Waals surface area (Å²) in [4.78, 5) is 26.4. The largest absolute Gasteiger partial charge is 0.456 e. The van der Waals surface area contributed by atoms with Crippen LogP contribution in [0.3, 0.4) is 0 Å². The van der Waals surface area contributed by atoms with Crippen molar-refractivity contribution < 1.29 is 27.1 Å². The van der Waals surface area contributed by atoms with Crippen LogP contribution in [0, 0.1) is 25.5 Å². The summed E-state index contributed by atoms with van der Waals surface area (Å²) in [6, 6.07) is 7.63. The monoisotopic (exact) mass is 518 g/mol. The van der Waals surface area contributed by atoms with Gasteiger partial charge in [-0.2, -0.15) is 0 Å². The number of pyridine rings is 1. The van der Waals surface area contributed by atoms with Crippen LogP contribution in [0.5, 0.6) is 11.5 Å². The lowest BCUT2D eigenvalue weighted by atomic mass is 10.1. The molecule has 12 heteroatoms. The summed E-state index contributed by atoms with van der Waals surface area (Å²) in [6.07, 6.45) is 1.58. The van der Waals surface area contributed by atoms with Gasteiger partial charge in [0.2, 0.25) is 0 Å². The first-order valence-corrected chi connectivity index (χ1v) is 12.1. The molecule has 3 aromatic rings. The first-order valence-electron chi connectivity index (χ1n) is 11.0. The number of amides is 1. The second-order valence-electron chi connectivity index (χ2n) is 8.53. The number of ether oxygens (including phenoxy) is 1. The van der Waals surface area contributed by atoms with Crippen molar-refractivity contribution in [2.75, 3.05) is 10.0 Å². The molecule has 1 fully saturated rings. The lowest BCUT2D eigenvalue weighted by Crippen LogP contribution is -2.31. The molecule has 2 aromatic carbocycles. The summed E-state index contributed by atoms with van der Waals surface area (Å²) >= 11 is -2.47. The van der Waals surface area contributed by atoms with Crippen LogP contribution in [-0.2, 0) is 18.3 Å². The van der Waals surface area contributed by atoms with Crippen molar-refractivity contribution in [3.63, 3.8) is 0 Å². The number of aromatic nitrogens is 1. The molecule has 0 bridgehead atoms. The van der Waals surface area contributed by atoms with Crippen LogP contribution >= 0.6 is 0 Å². The van der Waals surface area contributed by atoms with Gasteiger partial charge in [-0.05, 0) is 50.5 Å². The minimum Gasteiger partial charge on any atom is -0.456 e. The maximum Gasteiger partial charge on any atom is 0.259 e. The first kappa shape index (κ1) is 25.3. The molecule has 36 heavy (non-hydrogen) atoms. The van der Waals surface area contributed by atoms with Crippen molar-refractivity contribution in [1.29, 1.82) is 0 Å². The predicted molar refractivity (Wildman–Crippen MR) is 132 cm³/mol. The van der Waals surface area contributed by atoms with Crippen LogP contribution in [0.1, 0.15) is 34.3 Å². The average Bonchev–Trinajstić information content (AvgIpc) is 3.60. The van der Waals surface area contributed by atoms with Crippen molar-refractivity contribution in [2.45, 2.75) is 32.7 Å². The summed E-state index contributed by atoms with van der Waals surface area (Å²) in [5.74, 6) is -2.25. The van der Waals surface area contributed by atoms with Gasteiger partial charge in [-0.15, -0.1) is 0 Å². The number of anilines is 3. The van der Waals surface area contributed by atoms with Gasteiger partial charge in [0.1, 0.15) is 28.8 Å². The molecule has 1 aromatic heterocycles. The Bertz CT molecular complexity index is 1440. The van der Waals surface area contributed by atoms with E-state index in [-0.39, 0.29) is 45.9 Å². The Hall–Kier alpha value is -3.77. The molecule has 0 spiro atoms. The molecule has 1 unspecified atom stereocenters. The van der Waals surface area contributed by atoms with Gasteiger partial charge in [-0.3, -0.25) is 23.4 Å². The molecule has 1 aliphatic carbocycles. The molecule has 1 heterocycles. The van der Waals surface area contributed by atoms with Gasteiger partial charge >= 0.3 is 0 Å². The predicted octanol–water partition coefficient (Wildman–Crippen LogP) is 4.26. The zero-order valence-electron chi connectivity index (χ0n) is 19.6. The second kappa shape index (κ2) is 10.1. The van der Waals surface area contributed by atoms with Crippen LogP contribution in [0.15, 0.2) is 41.2 Å². The molecule has 0 radical (unpaired) electrons. The minimum atomic E-state index is -2.47. The summed E-state index contributed by atoms with van der Waals surface area (Å²) in [6.45, 7) is 3.17. The van der Waals surface area contributed by atoms with E-state index in [4.69, 9.17) is 9.29 Å². The van der Waals surface area contributed by atoms with E-state index in [2.05, 4.69) is 15.4 Å². The Morgan fingerprint density at radius 1 is 1.17 bits per heavy atom. The number of hydrogen-bond acceptors (Lipinski definition) is 5. The number of carbonyl (C=O) groups excluding carboxylic acids is 1. The van der Waals surface area contributed by atoms with E-state index in [0.29, 0.717) is 5.56 Å². The molecule has 1 atom stereocenters. The Kier molecular flexibility index (Phi) is 7.09. The van der Waals surface area contributed by atoms with Gasteiger partial charge in [0.25, 0.3) is 22.7 Å². The highest BCUT2D eigenvalue weighted by Gasteiger charge is 2.30. The number of halogens is 2. The molecular weight excluding hydrogens is 494 g/mol. The summed E-state index contributed by atoms with van der Waals surface area (Å²) in [7, 11) is 1.43. The van der Waals surface area contributed by atoms with Crippen LogP contribution in [0.2, 0.25) is 0 Å². The standard InChI is InChI=1S/C24H24F2N4O5S/c1-12-4-7-19(18(26)8-12)28-22-20(23(31)27-15-5-6-15)21(13(2)24(32)30(22)3)35-17-10-14(25)9-16(11-17)29-36(33)34/h4,7-11,15,28-29H,5-6H2,1-3H3,(H,27,31)(H,33,34). The lowest BCUT2D eigenvalue weighted by molar-refractivity contribution is 0.0948. The van der Waals surface area contributed by atoms with E-state index in [1.807, 2.05) is 0 Å². The van der Waals surface area contributed by atoms with E-state index in [9.17, 15) is 22.6 Å². The molecular formula is C24H24F2N4O5S. The fourth-order valence-corrected chi connectivity index (χ4v) is 3.95. The van der Waals surface area contributed by atoms with Gasteiger partial charge in [-0.1, -0.05) is 6.07 Å². The number of nitrogens with zero attached hydrogens (tertiary/aromatic N) is 1. The van der Waals surface area contributed by atoms with E-state index in [1.165, 1.54) is 36.7 Å². The number of carbonyl (C=O) groups is 1. The normalized spacial score (nSPS) is 13.7. The number of nitrogens with one attached hydrogen (secondary N) is 3. The van der Waals surface area contributed by atoms with E-state index in [1.54, 1.807) is 13.0 Å². The number of aryl methyl sites for hydroxylation is 1. The zero-order chi connectivity index (χ0) is 26.1. The fourth-order valence-electron chi connectivity index (χ4n) is 3.63. The number of rotatable bonds is 8. The maximum atomic E-state index is 14.7. The third-order valence-corrected chi connectivity index (χ3v) is 5.99. The lowest BCUT2D eigenvalue weighted by Gasteiger charge is -2.21. The van der Waals surface area contributed by atoms with E-state index >= 15 is 0 Å². The SMILES string of the molecule is Cc1ccc(Nc2c(C(=O)NC3CC3)c(Oc3cc(F)cc(NS(=O)O)c3)c(C)c(=O)n2C)c(F)c1. The van der Waals surface area contributed by atoms with Gasteiger partial charge < -0.3 is 15.4 Å². The highest BCUT2D eigenvalue weighted by molar-refractivity contribution is 7.80. The van der Waals surface area contributed by atoms with Crippen LogP contribution in [0.25, 0.3) is 0 Å². The highest BCUT2D eigenvalue weighted by Crippen LogP contribution is 2.36. The fraction of sp³-hybridized carbons (Fsp3) is 0.250. The van der Waals surface area contributed by atoms with Crippen LogP contribution in [0.4, 0.5) is 26.0 Å². The molecule has 190 valence electrons. The molecule has 4 rings (SSSR count). The third-order valence-electron chi connectivity index (χ3n) is 5.58.